The monoisotopic (exact) mass is 693 g/mol. The zero-order valence-corrected chi connectivity index (χ0v) is 31.5. The second-order valence-corrected chi connectivity index (χ2v) is 19.0. The van der Waals surface area contributed by atoms with Gasteiger partial charge in [-0.25, -0.2) is 13.2 Å². The molecule has 48 heavy (non-hydrogen) atoms. The van der Waals surface area contributed by atoms with Crippen LogP contribution in [-0.4, -0.2) is 91.2 Å². The van der Waals surface area contributed by atoms with E-state index in [1.807, 2.05) is 20.8 Å². The molecule has 1 heterocycles. The number of carbonyl (C=O) groups excluding carboxylic acids is 4. The Hall–Kier alpha value is -2.47. The van der Waals surface area contributed by atoms with Crippen molar-refractivity contribution in [1.29, 1.82) is 0 Å². The molecule has 3 fully saturated rings. The van der Waals surface area contributed by atoms with Crippen molar-refractivity contribution in [2.75, 3.05) is 25.4 Å². The highest BCUT2D eigenvalue weighted by atomic mass is 32.2. The Kier molecular flexibility index (Phi) is 13.7. The lowest BCUT2D eigenvalue weighted by Gasteiger charge is -2.37. The van der Waals surface area contributed by atoms with Gasteiger partial charge < -0.3 is 26.2 Å². The fourth-order valence-corrected chi connectivity index (χ4v) is 8.92. The molecule has 12 heteroatoms. The third kappa shape index (κ3) is 9.61. The molecule has 6 atom stereocenters. The van der Waals surface area contributed by atoms with Gasteiger partial charge in [-0.1, -0.05) is 72.8 Å². The summed E-state index contributed by atoms with van der Waals surface area (Å²) in [6, 6.07) is -3.48. The topological polar surface area (TPSA) is 154 Å². The Morgan fingerprint density at radius 2 is 1.67 bits per heavy atom. The average molecular weight is 694 g/mol. The van der Waals surface area contributed by atoms with E-state index in [0.717, 1.165) is 44.9 Å². The van der Waals surface area contributed by atoms with E-state index < -0.39 is 44.8 Å². The normalized spacial score (nSPS) is 24.3. The van der Waals surface area contributed by atoms with Crippen LogP contribution in [0.3, 0.4) is 0 Å². The molecule has 4 amide bonds. The van der Waals surface area contributed by atoms with Gasteiger partial charge in [-0.3, -0.25) is 14.4 Å². The van der Waals surface area contributed by atoms with Gasteiger partial charge in [-0.15, -0.1) is 6.58 Å². The van der Waals surface area contributed by atoms with Gasteiger partial charge in [0.25, 0.3) is 0 Å². The summed E-state index contributed by atoms with van der Waals surface area (Å²) in [6.07, 6.45) is 8.35. The van der Waals surface area contributed by atoms with Crippen LogP contribution in [0.25, 0.3) is 0 Å². The highest BCUT2D eigenvalue weighted by Crippen LogP contribution is 2.65. The van der Waals surface area contributed by atoms with Crippen LogP contribution in [0.15, 0.2) is 12.7 Å². The van der Waals surface area contributed by atoms with Crippen molar-refractivity contribution in [2.45, 2.75) is 136 Å². The van der Waals surface area contributed by atoms with Gasteiger partial charge in [0.1, 0.15) is 12.1 Å². The number of rotatable bonds is 17. The maximum absolute atomic E-state index is 14.5. The number of Topliss-reactive ketones (excluding diaryl/α,β-unsaturated/α-hetero) is 1. The largest absolute Gasteiger partial charge is 0.344 e. The van der Waals surface area contributed by atoms with Crippen molar-refractivity contribution in [3.63, 3.8) is 0 Å². The average Bonchev–Trinajstić information content (AvgIpc) is 3.32. The number of nitrogens with one attached hydrogen (secondary N) is 4. The molecule has 0 bridgehead atoms. The van der Waals surface area contributed by atoms with E-state index in [1.54, 1.807) is 31.7 Å². The highest BCUT2D eigenvalue weighted by Gasteiger charge is 2.69. The number of hydrogen-bond acceptors (Lipinski definition) is 7. The number of ketones is 1. The predicted octanol–water partition coefficient (Wildman–Crippen LogP) is 3.98. The summed E-state index contributed by atoms with van der Waals surface area (Å²) in [5, 5.41) is 11.9. The van der Waals surface area contributed by atoms with E-state index >= 15 is 0 Å². The van der Waals surface area contributed by atoms with Crippen LogP contribution in [0, 0.1) is 29.1 Å². The number of likely N-dealkylation sites (tertiary alicyclic amines) is 1. The molecule has 1 aliphatic heterocycles. The van der Waals surface area contributed by atoms with Gasteiger partial charge in [-0.2, -0.15) is 0 Å². The molecule has 0 aromatic heterocycles. The van der Waals surface area contributed by atoms with Gasteiger partial charge >= 0.3 is 6.03 Å². The Labute approximate surface area is 289 Å². The Balaban J connectivity index is 1.84. The third-order valence-corrected chi connectivity index (χ3v) is 13.7. The first-order valence-electron chi connectivity index (χ1n) is 18.1. The van der Waals surface area contributed by atoms with E-state index in [-0.39, 0.29) is 59.0 Å². The Morgan fingerprint density at radius 1 is 1.02 bits per heavy atom. The summed E-state index contributed by atoms with van der Waals surface area (Å²) in [6.45, 7) is 19.6. The number of carbonyl (C=O) groups is 4. The number of hydrogen-bond donors (Lipinski definition) is 4. The summed E-state index contributed by atoms with van der Waals surface area (Å²) in [5.74, 6) is -1.08. The maximum atomic E-state index is 14.5. The third-order valence-electron chi connectivity index (χ3n) is 11.0. The molecular formula is C36H63N5O6S. The first-order chi connectivity index (χ1) is 22.4. The van der Waals surface area contributed by atoms with E-state index in [9.17, 15) is 27.6 Å². The number of urea groups is 1. The molecule has 1 saturated heterocycles. The van der Waals surface area contributed by atoms with Crippen molar-refractivity contribution in [2.24, 2.45) is 29.1 Å². The van der Waals surface area contributed by atoms with Gasteiger partial charge in [0.15, 0.2) is 15.6 Å². The lowest BCUT2D eigenvalue weighted by atomic mass is 9.83. The minimum Gasteiger partial charge on any atom is -0.344 e. The van der Waals surface area contributed by atoms with Crippen molar-refractivity contribution in [3.05, 3.63) is 12.7 Å². The van der Waals surface area contributed by atoms with E-state index in [2.05, 4.69) is 41.7 Å². The Morgan fingerprint density at radius 3 is 2.23 bits per heavy atom. The van der Waals surface area contributed by atoms with Crippen LogP contribution in [0.2, 0.25) is 0 Å². The van der Waals surface area contributed by atoms with Crippen LogP contribution in [0.1, 0.15) is 107 Å². The van der Waals surface area contributed by atoms with Crippen LogP contribution in [0.4, 0.5) is 4.79 Å². The fraction of sp³-hybridized carbons (Fsp3) is 0.833. The molecular weight excluding hydrogens is 630 g/mol. The lowest BCUT2D eigenvalue weighted by Crippen LogP contribution is -2.61. The van der Waals surface area contributed by atoms with E-state index in [1.165, 1.54) is 0 Å². The van der Waals surface area contributed by atoms with Crippen LogP contribution >= 0.6 is 0 Å². The van der Waals surface area contributed by atoms with Gasteiger partial charge in [0, 0.05) is 19.1 Å². The molecule has 3 rings (SSSR count). The zero-order valence-electron chi connectivity index (χ0n) is 30.7. The van der Waals surface area contributed by atoms with E-state index in [0.29, 0.717) is 19.5 Å². The van der Waals surface area contributed by atoms with E-state index in [4.69, 9.17) is 0 Å². The SMILES string of the molecule is C=CCNCC(=O)C(CCCC)NC(=O)[C@@H]1[C@@H]2C(CN1C(=O)[C@@H](NC(=O)N[C@H](CS(=O)(=O)C(C)(C)C)C(C)C)C1CCCCC1)C2(C)C. The zero-order chi connectivity index (χ0) is 36.0. The highest BCUT2D eigenvalue weighted by molar-refractivity contribution is 7.92. The second kappa shape index (κ2) is 16.5. The quantitative estimate of drug-likeness (QED) is 0.133. The molecule has 0 spiro atoms. The van der Waals surface area contributed by atoms with Crippen LogP contribution < -0.4 is 21.3 Å². The van der Waals surface area contributed by atoms with Crippen LogP contribution in [0.5, 0.6) is 0 Å². The molecule has 0 aromatic carbocycles. The predicted molar refractivity (Wildman–Crippen MR) is 190 cm³/mol. The summed E-state index contributed by atoms with van der Waals surface area (Å²) in [7, 11) is -3.52. The number of sulfone groups is 1. The molecule has 0 radical (unpaired) electrons. The van der Waals surface area contributed by atoms with Crippen molar-refractivity contribution < 1.29 is 27.6 Å². The molecule has 3 aliphatic rings. The fourth-order valence-electron chi connectivity index (χ4n) is 7.48. The van der Waals surface area contributed by atoms with Gasteiger partial charge in [0.2, 0.25) is 11.8 Å². The van der Waals surface area contributed by atoms with Crippen molar-refractivity contribution >= 4 is 33.5 Å². The first kappa shape index (κ1) is 40.0. The maximum Gasteiger partial charge on any atom is 0.315 e. The summed E-state index contributed by atoms with van der Waals surface area (Å²) < 4.78 is 25.1. The van der Waals surface area contributed by atoms with Gasteiger partial charge in [0.05, 0.1) is 23.1 Å². The lowest BCUT2D eigenvalue weighted by molar-refractivity contribution is -0.143. The summed E-state index contributed by atoms with van der Waals surface area (Å²) in [4.78, 5) is 57.0. The number of unbranched alkanes of at least 4 members (excludes halogenated alkanes) is 1. The second-order valence-electron chi connectivity index (χ2n) is 16.2. The molecule has 11 nitrogen and oxygen atoms in total. The molecule has 2 aliphatic carbocycles. The smallest absolute Gasteiger partial charge is 0.315 e. The first-order valence-corrected chi connectivity index (χ1v) is 19.8. The molecule has 4 N–H and O–H groups in total. The summed E-state index contributed by atoms with van der Waals surface area (Å²) in [5.41, 5.74) is -0.124. The Bertz CT molecular complexity index is 1270. The van der Waals surface area contributed by atoms with Crippen molar-refractivity contribution in [1.82, 2.24) is 26.2 Å². The minimum absolute atomic E-state index is 0.0453. The molecule has 2 unspecified atom stereocenters. The van der Waals surface area contributed by atoms with Crippen molar-refractivity contribution in [3.8, 4) is 0 Å². The summed E-state index contributed by atoms with van der Waals surface area (Å²) >= 11 is 0. The number of amides is 4. The number of nitrogens with zero attached hydrogens (tertiary/aromatic N) is 1. The molecule has 0 aromatic rings. The molecule has 2 saturated carbocycles. The molecule has 274 valence electrons. The number of fused-ring (bicyclic) bond motifs is 1. The standard InChI is InChI=1S/C36H63N5O6S/c1-10-12-18-26(28(42)20-37-19-11-2)38-32(43)31-29-25(36(29,8)9)21-41(31)33(44)30(24-16-14-13-15-17-24)40-34(45)39-27(23(3)4)22-48(46,47)35(5,6)7/h11,23-27,29-31,37H,2,10,12-22H2,1,3-9H3,(H,38,43)(H2,39,40,45)/t25?,26?,27-,29+,30+,31+/m1/s1. The minimum atomic E-state index is -3.52. The van der Waals surface area contributed by atoms with Gasteiger partial charge in [-0.05, 0) is 69.1 Å². The van der Waals surface area contributed by atoms with Crippen LogP contribution in [-0.2, 0) is 24.2 Å². The number of piperidine rings is 1.